The third-order valence-corrected chi connectivity index (χ3v) is 4.10. The molecule has 0 aromatic rings. The number of hydrogen-bond donors (Lipinski definition) is 3. The summed E-state index contributed by atoms with van der Waals surface area (Å²) in [5.74, 6) is 0.310. The van der Waals surface area contributed by atoms with Crippen molar-refractivity contribution < 1.29 is 14.6 Å². The van der Waals surface area contributed by atoms with Crippen molar-refractivity contribution in [3.8, 4) is 0 Å². The molecular formula is C16H32N2O3. The Morgan fingerprint density at radius 3 is 2.48 bits per heavy atom. The summed E-state index contributed by atoms with van der Waals surface area (Å²) in [7, 11) is 0. The minimum atomic E-state index is -0.174. The molecule has 0 spiro atoms. The smallest absolute Gasteiger partial charge is 0.315 e. The van der Waals surface area contributed by atoms with Gasteiger partial charge in [0.2, 0.25) is 0 Å². The van der Waals surface area contributed by atoms with Crippen molar-refractivity contribution in [2.45, 2.75) is 70.9 Å². The second-order valence-electron chi connectivity index (χ2n) is 6.25. The Kier molecular flexibility index (Phi) is 9.42. The molecule has 1 aliphatic rings. The topological polar surface area (TPSA) is 70.6 Å². The van der Waals surface area contributed by atoms with E-state index in [9.17, 15) is 4.79 Å². The number of amides is 2. The zero-order valence-corrected chi connectivity index (χ0v) is 13.6. The zero-order chi connectivity index (χ0) is 15.5. The van der Waals surface area contributed by atoms with E-state index in [2.05, 4.69) is 10.6 Å². The van der Waals surface area contributed by atoms with E-state index in [1.165, 1.54) is 25.7 Å². The van der Waals surface area contributed by atoms with E-state index < -0.39 is 0 Å². The Hall–Kier alpha value is -0.810. The van der Waals surface area contributed by atoms with Crippen molar-refractivity contribution in [3.05, 3.63) is 0 Å². The van der Waals surface area contributed by atoms with Gasteiger partial charge in [-0.05, 0) is 25.2 Å². The molecule has 5 heteroatoms. The fourth-order valence-corrected chi connectivity index (χ4v) is 2.73. The van der Waals surface area contributed by atoms with Gasteiger partial charge in [0.1, 0.15) is 0 Å². The van der Waals surface area contributed by atoms with Crippen LogP contribution in [0.2, 0.25) is 0 Å². The van der Waals surface area contributed by atoms with Crippen LogP contribution in [0.25, 0.3) is 0 Å². The van der Waals surface area contributed by atoms with Crippen LogP contribution in [0, 0.1) is 5.92 Å². The van der Waals surface area contributed by atoms with Crippen molar-refractivity contribution in [1.29, 1.82) is 0 Å². The molecule has 2 amide bonds. The summed E-state index contributed by atoms with van der Waals surface area (Å²) >= 11 is 0. The molecule has 0 aromatic heterocycles. The molecule has 0 saturated heterocycles. The van der Waals surface area contributed by atoms with Crippen molar-refractivity contribution >= 4 is 6.03 Å². The first-order valence-electron chi connectivity index (χ1n) is 8.40. The summed E-state index contributed by atoms with van der Waals surface area (Å²) in [6.45, 7) is 5.27. The van der Waals surface area contributed by atoms with Crippen LogP contribution in [0.1, 0.15) is 58.8 Å². The van der Waals surface area contributed by atoms with E-state index in [0.717, 1.165) is 12.8 Å². The molecule has 0 aromatic carbocycles. The molecule has 124 valence electrons. The molecule has 1 aliphatic carbocycles. The third-order valence-electron chi connectivity index (χ3n) is 4.10. The molecule has 0 bridgehead atoms. The number of carbonyl (C=O) groups excluding carboxylic acids is 1. The number of aliphatic hydroxyl groups is 1. The summed E-state index contributed by atoms with van der Waals surface area (Å²) in [4.78, 5) is 11.8. The summed E-state index contributed by atoms with van der Waals surface area (Å²) < 4.78 is 5.83. The lowest BCUT2D eigenvalue weighted by Gasteiger charge is -2.22. The second kappa shape index (κ2) is 10.9. The highest BCUT2D eigenvalue weighted by Crippen LogP contribution is 2.19. The Morgan fingerprint density at radius 2 is 1.90 bits per heavy atom. The SMILES string of the molecule is CC(C)C(CCO)NC(=O)NCCOC1CCCCCC1. The van der Waals surface area contributed by atoms with Crippen LogP contribution >= 0.6 is 0 Å². The second-order valence-corrected chi connectivity index (χ2v) is 6.25. The van der Waals surface area contributed by atoms with Crippen LogP contribution in [0.15, 0.2) is 0 Å². The van der Waals surface area contributed by atoms with Crippen LogP contribution in [-0.4, -0.2) is 43.0 Å². The Morgan fingerprint density at radius 1 is 1.24 bits per heavy atom. The van der Waals surface area contributed by atoms with Gasteiger partial charge in [0.25, 0.3) is 0 Å². The standard InChI is InChI=1S/C16H32N2O3/c1-13(2)15(9-11-19)18-16(20)17-10-12-21-14-7-5-3-4-6-8-14/h13-15,19H,3-12H2,1-2H3,(H2,17,18,20). The molecular weight excluding hydrogens is 268 g/mol. The lowest BCUT2D eigenvalue weighted by molar-refractivity contribution is 0.0460. The van der Waals surface area contributed by atoms with Gasteiger partial charge in [-0.3, -0.25) is 0 Å². The van der Waals surface area contributed by atoms with Crippen LogP contribution < -0.4 is 10.6 Å². The van der Waals surface area contributed by atoms with Crippen molar-refractivity contribution in [1.82, 2.24) is 10.6 Å². The molecule has 0 heterocycles. The molecule has 1 saturated carbocycles. The summed E-state index contributed by atoms with van der Waals surface area (Å²) in [6, 6.07) is -0.163. The molecule has 5 nitrogen and oxygen atoms in total. The highest BCUT2D eigenvalue weighted by Gasteiger charge is 2.15. The van der Waals surface area contributed by atoms with Gasteiger partial charge in [-0.2, -0.15) is 0 Å². The van der Waals surface area contributed by atoms with Crippen molar-refractivity contribution in [2.24, 2.45) is 5.92 Å². The van der Waals surface area contributed by atoms with Gasteiger partial charge < -0.3 is 20.5 Å². The Balaban J connectivity index is 2.11. The molecule has 21 heavy (non-hydrogen) atoms. The highest BCUT2D eigenvalue weighted by atomic mass is 16.5. The molecule has 1 fully saturated rings. The van der Waals surface area contributed by atoms with Crippen LogP contribution in [0.3, 0.4) is 0 Å². The van der Waals surface area contributed by atoms with Gasteiger partial charge in [-0.1, -0.05) is 39.5 Å². The molecule has 1 atom stereocenters. The van der Waals surface area contributed by atoms with Gasteiger partial charge in [-0.15, -0.1) is 0 Å². The molecule has 0 aliphatic heterocycles. The van der Waals surface area contributed by atoms with E-state index in [1.807, 2.05) is 13.8 Å². The van der Waals surface area contributed by atoms with Crippen molar-refractivity contribution in [3.63, 3.8) is 0 Å². The minimum Gasteiger partial charge on any atom is -0.396 e. The van der Waals surface area contributed by atoms with Gasteiger partial charge in [-0.25, -0.2) is 4.79 Å². The van der Waals surface area contributed by atoms with E-state index in [0.29, 0.717) is 31.6 Å². The van der Waals surface area contributed by atoms with Gasteiger partial charge >= 0.3 is 6.03 Å². The lowest BCUT2D eigenvalue weighted by atomic mass is 10.0. The average Bonchev–Trinajstić information content (AvgIpc) is 2.71. The first kappa shape index (κ1) is 18.2. The normalized spacial score (nSPS) is 18.3. The van der Waals surface area contributed by atoms with Crippen LogP contribution in [-0.2, 0) is 4.74 Å². The molecule has 1 rings (SSSR count). The maximum absolute atomic E-state index is 11.8. The Bertz CT molecular complexity index is 277. The first-order valence-corrected chi connectivity index (χ1v) is 8.40. The molecule has 0 radical (unpaired) electrons. The quantitative estimate of drug-likeness (QED) is 0.476. The minimum absolute atomic E-state index is 0.0118. The average molecular weight is 300 g/mol. The lowest BCUT2D eigenvalue weighted by Crippen LogP contribution is -2.45. The van der Waals surface area contributed by atoms with E-state index in [-0.39, 0.29) is 18.7 Å². The number of rotatable bonds is 8. The number of aliphatic hydroxyl groups excluding tert-OH is 1. The zero-order valence-electron chi connectivity index (χ0n) is 13.6. The van der Waals surface area contributed by atoms with E-state index in [4.69, 9.17) is 9.84 Å². The van der Waals surface area contributed by atoms with Gasteiger partial charge in [0.15, 0.2) is 0 Å². The number of urea groups is 1. The number of carbonyl (C=O) groups is 1. The number of nitrogens with one attached hydrogen (secondary N) is 2. The van der Waals surface area contributed by atoms with Crippen molar-refractivity contribution in [2.75, 3.05) is 19.8 Å². The predicted molar refractivity (Wildman–Crippen MR) is 84.3 cm³/mol. The van der Waals surface area contributed by atoms with Crippen LogP contribution in [0.5, 0.6) is 0 Å². The van der Waals surface area contributed by atoms with E-state index >= 15 is 0 Å². The van der Waals surface area contributed by atoms with Crippen LogP contribution in [0.4, 0.5) is 4.79 Å². The Labute approximate surface area is 128 Å². The van der Waals surface area contributed by atoms with Gasteiger partial charge in [0.05, 0.1) is 12.7 Å². The van der Waals surface area contributed by atoms with Gasteiger partial charge in [0, 0.05) is 19.2 Å². The monoisotopic (exact) mass is 300 g/mol. The molecule has 3 N–H and O–H groups in total. The fraction of sp³-hybridized carbons (Fsp3) is 0.938. The first-order chi connectivity index (χ1) is 10.1. The van der Waals surface area contributed by atoms with E-state index in [1.54, 1.807) is 0 Å². The summed E-state index contributed by atoms with van der Waals surface area (Å²) in [5, 5.41) is 14.7. The maximum atomic E-state index is 11.8. The largest absolute Gasteiger partial charge is 0.396 e. The molecule has 1 unspecified atom stereocenters. The third kappa shape index (κ3) is 8.27. The fourth-order valence-electron chi connectivity index (χ4n) is 2.73. The predicted octanol–water partition coefficient (Wildman–Crippen LogP) is 2.43. The maximum Gasteiger partial charge on any atom is 0.315 e. The number of hydrogen-bond acceptors (Lipinski definition) is 3. The summed E-state index contributed by atoms with van der Waals surface area (Å²) in [6.07, 6.45) is 8.42. The summed E-state index contributed by atoms with van der Waals surface area (Å²) in [5.41, 5.74) is 0. The highest BCUT2D eigenvalue weighted by molar-refractivity contribution is 5.74. The number of ether oxygens (including phenoxy) is 1.